The van der Waals surface area contributed by atoms with Crippen LogP contribution in [0, 0.1) is 41.4 Å². The molecule has 0 amide bonds. The first-order chi connectivity index (χ1) is 10.6. The average Bonchev–Trinajstić information content (AvgIpc) is 2.78. The second-order valence-corrected chi connectivity index (χ2v) is 9.14. The zero-order chi connectivity index (χ0) is 17.9. The number of ether oxygens (including phenoxy) is 1. The lowest BCUT2D eigenvalue weighted by Gasteiger charge is -2.33. The van der Waals surface area contributed by atoms with Crippen molar-refractivity contribution < 1.29 is 9.13 Å². The fraction of sp³-hybridized carbons (Fsp3) is 1.00. The van der Waals surface area contributed by atoms with Crippen LogP contribution in [-0.4, -0.2) is 18.4 Å². The Morgan fingerprint density at radius 2 is 1.35 bits per heavy atom. The van der Waals surface area contributed by atoms with Crippen molar-refractivity contribution in [3.05, 3.63) is 0 Å². The maximum absolute atomic E-state index is 14.5. The predicted molar refractivity (Wildman–Crippen MR) is 98.3 cm³/mol. The van der Waals surface area contributed by atoms with E-state index in [2.05, 4.69) is 48.5 Å². The van der Waals surface area contributed by atoms with Crippen LogP contribution in [0.4, 0.5) is 4.39 Å². The maximum atomic E-state index is 14.5. The van der Waals surface area contributed by atoms with E-state index in [1.54, 1.807) is 0 Å². The molecule has 0 aliphatic carbocycles. The van der Waals surface area contributed by atoms with E-state index in [0.29, 0.717) is 29.6 Å². The van der Waals surface area contributed by atoms with E-state index in [0.717, 1.165) is 5.92 Å². The molecule has 2 heteroatoms. The van der Waals surface area contributed by atoms with E-state index in [1.807, 2.05) is 13.8 Å². The lowest BCUT2D eigenvalue weighted by Crippen LogP contribution is -2.33. The number of rotatable bonds is 8. The highest BCUT2D eigenvalue weighted by Gasteiger charge is 2.46. The smallest absolute Gasteiger partial charge is 0.129 e. The minimum atomic E-state index is -0.849. The number of halogens is 1. The first kappa shape index (κ1) is 20.9. The van der Waals surface area contributed by atoms with Crippen LogP contribution in [0.25, 0.3) is 0 Å². The van der Waals surface area contributed by atoms with Gasteiger partial charge in [-0.05, 0) is 41.4 Å². The van der Waals surface area contributed by atoms with E-state index in [9.17, 15) is 4.39 Å². The molecule has 0 aromatic carbocycles. The first-order valence-corrected chi connectivity index (χ1v) is 9.87. The molecule has 8 unspecified atom stereocenters. The zero-order valence-corrected chi connectivity index (χ0v) is 17.0. The highest BCUT2D eigenvalue weighted by atomic mass is 19.1. The summed E-state index contributed by atoms with van der Waals surface area (Å²) < 4.78 is 20.8. The summed E-state index contributed by atoms with van der Waals surface area (Å²) in [6.45, 7) is 20.0. The quantitative estimate of drug-likeness (QED) is 0.503. The van der Waals surface area contributed by atoms with Gasteiger partial charge in [-0.25, -0.2) is 4.39 Å². The summed E-state index contributed by atoms with van der Waals surface area (Å²) >= 11 is 0. The van der Waals surface area contributed by atoms with Crippen molar-refractivity contribution >= 4 is 0 Å². The van der Waals surface area contributed by atoms with Crippen LogP contribution < -0.4 is 0 Å². The minimum Gasteiger partial charge on any atom is -0.371 e. The molecule has 0 aromatic heterocycles. The summed E-state index contributed by atoms with van der Waals surface area (Å²) in [4.78, 5) is 0. The molecule has 1 saturated heterocycles. The maximum Gasteiger partial charge on any atom is 0.129 e. The molecule has 0 spiro atoms. The third-order valence-electron chi connectivity index (χ3n) is 6.58. The summed E-state index contributed by atoms with van der Waals surface area (Å²) in [7, 11) is 0. The van der Waals surface area contributed by atoms with E-state index in [-0.39, 0.29) is 18.1 Å². The Morgan fingerprint density at radius 1 is 0.826 bits per heavy atom. The molecule has 1 aliphatic rings. The molecule has 1 heterocycles. The van der Waals surface area contributed by atoms with Gasteiger partial charge in [0.05, 0.1) is 12.2 Å². The standard InChI is InChI=1S/C21H41FO/c1-12(2)10-11-14(5)15(6)16(7)20-17(8)18(9)21(23-20)19(22)13(3)4/h12-21H,10-11H2,1-9H3. The molecular formula is C21H41FO. The molecule has 0 aromatic rings. The van der Waals surface area contributed by atoms with Crippen LogP contribution in [0.1, 0.15) is 75.2 Å². The Hall–Kier alpha value is -0.110. The van der Waals surface area contributed by atoms with Gasteiger partial charge in [0, 0.05) is 0 Å². The molecule has 1 nitrogen and oxygen atoms in total. The Kier molecular flexibility index (Phi) is 8.04. The van der Waals surface area contributed by atoms with Crippen LogP contribution in [0.3, 0.4) is 0 Å². The van der Waals surface area contributed by atoms with Gasteiger partial charge in [-0.1, -0.05) is 75.2 Å². The topological polar surface area (TPSA) is 9.23 Å². The van der Waals surface area contributed by atoms with E-state index >= 15 is 0 Å². The highest BCUT2D eigenvalue weighted by molar-refractivity contribution is 4.93. The normalized spacial score (nSPS) is 33.9. The van der Waals surface area contributed by atoms with Crippen molar-refractivity contribution in [1.82, 2.24) is 0 Å². The SMILES string of the molecule is CC(C)CCC(C)C(C)C(C)C1OC(C(F)C(C)C)C(C)C1C. The molecule has 0 N–H and O–H groups in total. The van der Waals surface area contributed by atoms with Crippen molar-refractivity contribution in [3.63, 3.8) is 0 Å². The van der Waals surface area contributed by atoms with Gasteiger partial charge in [-0.3, -0.25) is 0 Å². The Labute approximate surface area is 144 Å². The molecule has 1 aliphatic heterocycles. The van der Waals surface area contributed by atoms with E-state index in [4.69, 9.17) is 4.74 Å². The molecular weight excluding hydrogens is 287 g/mol. The van der Waals surface area contributed by atoms with Gasteiger partial charge in [0.2, 0.25) is 0 Å². The van der Waals surface area contributed by atoms with Gasteiger partial charge in [-0.2, -0.15) is 0 Å². The Balaban J connectivity index is 2.70. The molecule has 138 valence electrons. The highest BCUT2D eigenvalue weighted by Crippen LogP contribution is 2.42. The molecule has 0 saturated carbocycles. The lowest BCUT2D eigenvalue weighted by atomic mass is 9.74. The van der Waals surface area contributed by atoms with E-state index < -0.39 is 6.17 Å². The van der Waals surface area contributed by atoms with Crippen LogP contribution in [0.2, 0.25) is 0 Å². The largest absolute Gasteiger partial charge is 0.371 e. The fourth-order valence-electron chi connectivity index (χ4n) is 4.05. The van der Waals surface area contributed by atoms with Crippen LogP contribution in [0.5, 0.6) is 0 Å². The van der Waals surface area contributed by atoms with Crippen molar-refractivity contribution in [3.8, 4) is 0 Å². The first-order valence-electron chi connectivity index (χ1n) is 9.87. The van der Waals surface area contributed by atoms with Gasteiger partial charge in [0.25, 0.3) is 0 Å². The van der Waals surface area contributed by atoms with Crippen molar-refractivity contribution in [2.75, 3.05) is 0 Å². The minimum absolute atomic E-state index is 0.0334. The molecule has 8 atom stereocenters. The third kappa shape index (κ3) is 5.18. The summed E-state index contributed by atoms with van der Waals surface area (Å²) in [5.74, 6) is 3.34. The predicted octanol–water partition coefficient (Wildman–Crippen LogP) is 6.36. The average molecular weight is 329 g/mol. The van der Waals surface area contributed by atoms with Gasteiger partial charge in [0.1, 0.15) is 6.17 Å². The third-order valence-corrected chi connectivity index (χ3v) is 6.58. The summed E-state index contributed by atoms with van der Waals surface area (Å²) in [6, 6.07) is 0. The Morgan fingerprint density at radius 3 is 1.83 bits per heavy atom. The molecule has 0 radical (unpaired) electrons. The summed E-state index contributed by atoms with van der Waals surface area (Å²) in [5.41, 5.74) is 0. The van der Waals surface area contributed by atoms with Gasteiger partial charge in [-0.15, -0.1) is 0 Å². The second-order valence-electron chi connectivity index (χ2n) is 9.14. The van der Waals surface area contributed by atoms with Crippen LogP contribution in [0.15, 0.2) is 0 Å². The van der Waals surface area contributed by atoms with Crippen LogP contribution in [-0.2, 0) is 4.74 Å². The summed E-state index contributed by atoms with van der Waals surface area (Å²) in [6.07, 6.45) is 1.69. The van der Waals surface area contributed by atoms with Gasteiger partial charge in [0.15, 0.2) is 0 Å². The van der Waals surface area contributed by atoms with Crippen molar-refractivity contribution in [2.24, 2.45) is 41.4 Å². The zero-order valence-electron chi connectivity index (χ0n) is 17.0. The van der Waals surface area contributed by atoms with Crippen LogP contribution >= 0.6 is 0 Å². The number of hydrogen-bond acceptors (Lipinski definition) is 1. The summed E-state index contributed by atoms with van der Waals surface area (Å²) in [5, 5.41) is 0. The molecule has 0 bridgehead atoms. The fourth-order valence-corrected chi connectivity index (χ4v) is 4.05. The lowest BCUT2D eigenvalue weighted by molar-refractivity contribution is -0.0586. The molecule has 23 heavy (non-hydrogen) atoms. The molecule has 1 fully saturated rings. The number of hydrogen-bond donors (Lipinski definition) is 0. The van der Waals surface area contributed by atoms with Gasteiger partial charge < -0.3 is 4.74 Å². The van der Waals surface area contributed by atoms with Crippen molar-refractivity contribution in [2.45, 2.75) is 93.5 Å². The Bertz CT molecular complexity index is 341. The molecule has 1 rings (SSSR count). The van der Waals surface area contributed by atoms with E-state index in [1.165, 1.54) is 12.8 Å². The monoisotopic (exact) mass is 328 g/mol. The number of alkyl halides is 1. The second kappa shape index (κ2) is 8.83. The van der Waals surface area contributed by atoms with Crippen molar-refractivity contribution in [1.29, 1.82) is 0 Å². The van der Waals surface area contributed by atoms with Gasteiger partial charge >= 0.3 is 0 Å².